The van der Waals surface area contributed by atoms with Gasteiger partial charge in [0.1, 0.15) is 12.4 Å². The van der Waals surface area contributed by atoms with Gasteiger partial charge >= 0.3 is 6.18 Å². The van der Waals surface area contributed by atoms with Gasteiger partial charge in [-0.25, -0.2) is 0 Å². The van der Waals surface area contributed by atoms with E-state index in [0.717, 1.165) is 17.4 Å². The molecule has 0 saturated heterocycles. The minimum Gasteiger partial charge on any atom is -0.487 e. The van der Waals surface area contributed by atoms with Crippen LogP contribution in [0.25, 0.3) is 0 Å². The molecule has 0 amide bonds. The lowest BCUT2D eigenvalue weighted by Crippen LogP contribution is -2.09. The molecule has 0 fully saturated rings. The van der Waals surface area contributed by atoms with Crippen LogP contribution < -0.4 is 4.74 Å². The van der Waals surface area contributed by atoms with Crippen molar-refractivity contribution in [3.63, 3.8) is 0 Å². The van der Waals surface area contributed by atoms with Crippen LogP contribution in [-0.2, 0) is 25.1 Å². The molecule has 0 unspecified atom stereocenters. The van der Waals surface area contributed by atoms with E-state index in [-0.39, 0.29) is 18.2 Å². The summed E-state index contributed by atoms with van der Waals surface area (Å²) in [5, 5.41) is 0. The van der Waals surface area contributed by atoms with E-state index in [4.69, 9.17) is 16.3 Å². The van der Waals surface area contributed by atoms with Gasteiger partial charge in [-0.1, -0.05) is 13.0 Å². The highest BCUT2D eigenvalue weighted by molar-refractivity contribution is 7.11. The Balaban J connectivity index is 2.19. The molecule has 6 heteroatoms. The minimum atomic E-state index is -4.46. The fraction of sp³-hybridized carbons (Fsp3) is 0.333. The van der Waals surface area contributed by atoms with Crippen LogP contribution in [0.4, 0.5) is 13.2 Å². The fourth-order valence-corrected chi connectivity index (χ4v) is 2.88. The summed E-state index contributed by atoms with van der Waals surface area (Å²) in [4.78, 5) is 2.09. The Labute approximate surface area is 130 Å². The fourth-order valence-electron chi connectivity index (χ4n) is 1.85. The van der Waals surface area contributed by atoms with Gasteiger partial charge in [0.25, 0.3) is 0 Å². The highest BCUT2D eigenvalue weighted by atomic mass is 35.5. The molecule has 0 bridgehead atoms. The van der Waals surface area contributed by atoms with Crippen LogP contribution >= 0.6 is 22.9 Å². The number of ether oxygens (including phenoxy) is 1. The van der Waals surface area contributed by atoms with Gasteiger partial charge in [0.15, 0.2) is 0 Å². The van der Waals surface area contributed by atoms with Gasteiger partial charge in [-0.2, -0.15) is 13.2 Å². The van der Waals surface area contributed by atoms with Crippen molar-refractivity contribution in [3.8, 4) is 5.75 Å². The smallest absolute Gasteiger partial charge is 0.419 e. The van der Waals surface area contributed by atoms with Crippen molar-refractivity contribution in [2.45, 2.75) is 32.0 Å². The van der Waals surface area contributed by atoms with Crippen molar-refractivity contribution in [2.24, 2.45) is 0 Å². The Morgan fingerprint density at radius 3 is 2.43 bits per heavy atom. The highest BCUT2D eigenvalue weighted by Gasteiger charge is 2.34. The highest BCUT2D eigenvalue weighted by Crippen LogP contribution is 2.37. The molecule has 1 aromatic carbocycles. The lowest BCUT2D eigenvalue weighted by molar-refractivity contribution is -0.139. The standard InChI is InChI=1S/C15H14ClF3OS/c1-2-11-4-5-12(21-11)9-20-14-6-3-10(8-16)7-13(14)15(17,18)19/h3-7H,2,8-9H2,1H3. The second kappa shape index (κ2) is 6.71. The quantitative estimate of drug-likeness (QED) is 0.642. The van der Waals surface area contributed by atoms with Gasteiger partial charge in [-0.05, 0) is 36.2 Å². The number of rotatable bonds is 5. The third-order valence-corrected chi connectivity index (χ3v) is 4.45. The van der Waals surface area contributed by atoms with Crippen molar-refractivity contribution in [3.05, 3.63) is 51.2 Å². The molecule has 0 aliphatic rings. The van der Waals surface area contributed by atoms with E-state index >= 15 is 0 Å². The summed E-state index contributed by atoms with van der Waals surface area (Å²) in [5.74, 6) is -0.128. The second-order valence-corrected chi connectivity index (χ2v) is 5.99. The molecule has 0 spiro atoms. The maximum Gasteiger partial charge on any atom is 0.419 e. The van der Waals surface area contributed by atoms with Crippen LogP contribution in [0.1, 0.15) is 27.8 Å². The molecule has 1 nitrogen and oxygen atoms in total. The lowest BCUT2D eigenvalue weighted by atomic mass is 10.1. The minimum absolute atomic E-state index is 0.0359. The van der Waals surface area contributed by atoms with Gasteiger partial charge in [0.2, 0.25) is 0 Å². The van der Waals surface area contributed by atoms with E-state index < -0.39 is 11.7 Å². The molecular weight excluding hydrogens is 321 g/mol. The monoisotopic (exact) mass is 334 g/mol. The lowest BCUT2D eigenvalue weighted by Gasteiger charge is -2.14. The summed E-state index contributed by atoms with van der Waals surface area (Å²) in [6, 6.07) is 7.75. The first-order valence-electron chi connectivity index (χ1n) is 6.40. The molecule has 0 aliphatic heterocycles. The Bertz CT molecular complexity index is 607. The van der Waals surface area contributed by atoms with Gasteiger partial charge in [-0.3, -0.25) is 0 Å². The summed E-state index contributed by atoms with van der Waals surface area (Å²) in [6.07, 6.45) is -3.55. The first-order chi connectivity index (χ1) is 9.94. The van der Waals surface area contributed by atoms with Crippen molar-refractivity contribution < 1.29 is 17.9 Å². The first kappa shape index (κ1) is 16.2. The SMILES string of the molecule is CCc1ccc(COc2ccc(CCl)cc2C(F)(F)F)s1. The predicted molar refractivity (Wildman–Crippen MR) is 79.0 cm³/mol. The summed E-state index contributed by atoms with van der Waals surface area (Å²) in [7, 11) is 0. The van der Waals surface area contributed by atoms with Gasteiger partial charge in [-0.15, -0.1) is 22.9 Å². The van der Waals surface area contributed by atoms with Gasteiger partial charge in [0.05, 0.1) is 5.56 Å². The summed E-state index contributed by atoms with van der Waals surface area (Å²) in [5.41, 5.74) is -0.367. The Morgan fingerprint density at radius 1 is 1.14 bits per heavy atom. The molecule has 114 valence electrons. The van der Waals surface area contributed by atoms with Gasteiger partial charge in [0, 0.05) is 15.6 Å². The molecule has 1 heterocycles. The largest absolute Gasteiger partial charge is 0.487 e. The average Bonchev–Trinajstić information content (AvgIpc) is 2.92. The average molecular weight is 335 g/mol. The number of aryl methyl sites for hydroxylation is 1. The zero-order valence-corrected chi connectivity index (χ0v) is 12.9. The zero-order valence-electron chi connectivity index (χ0n) is 11.3. The Kier molecular flexibility index (Phi) is 5.17. The zero-order chi connectivity index (χ0) is 15.5. The van der Waals surface area contributed by atoms with E-state index in [1.54, 1.807) is 17.4 Å². The summed E-state index contributed by atoms with van der Waals surface area (Å²) < 4.78 is 44.4. The summed E-state index contributed by atoms with van der Waals surface area (Å²) in [6.45, 7) is 2.16. The molecule has 0 radical (unpaired) electrons. The molecule has 0 N–H and O–H groups in total. The molecule has 0 aliphatic carbocycles. The van der Waals surface area contributed by atoms with Crippen molar-refractivity contribution in [1.82, 2.24) is 0 Å². The van der Waals surface area contributed by atoms with Crippen LogP contribution in [0.5, 0.6) is 5.75 Å². The number of hydrogen-bond donors (Lipinski definition) is 0. The Morgan fingerprint density at radius 2 is 1.86 bits per heavy atom. The normalized spacial score (nSPS) is 11.7. The summed E-state index contributed by atoms with van der Waals surface area (Å²) >= 11 is 7.13. The topological polar surface area (TPSA) is 9.23 Å². The molecule has 21 heavy (non-hydrogen) atoms. The third kappa shape index (κ3) is 4.14. The molecule has 0 saturated carbocycles. The van der Waals surface area contributed by atoms with E-state index in [9.17, 15) is 13.2 Å². The van der Waals surface area contributed by atoms with Gasteiger partial charge < -0.3 is 4.74 Å². The van der Waals surface area contributed by atoms with Crippen LogP contribution in [-0.4, -0.2) is 0 Å². The number of benzene rings is 1. The van der Waals surface area contributed by atoms with Crippen LogP contribution in [0.15, 0.2) is 30.3 Å². The molecular formula is C15H14ClF3OS. The second-order valence-electron chi connectivity index (χ2n) is 4.47. The maximum atomic E-state index is 13.0. The van der Waals surface area contributed by atoms with Crippen LogP contribution in [0.3, 0.4) is 0 Å². The van der Waals surface area contributed by atoms with Crippen LogP contribution in [0.2, 0.25) is 0 Å². The van der Waals surface area contributed by atoms with E-state index in [0.29, 0.717) is 5.56 Å². The number of hydrogen-bond acceptors (Lipinski definition) is 2. The number of thiophene rings is 1. The molecule has 0 atom stereocenters. The van der Waals surface area contributed by atoms with E-state index in [1.165, 1.54) is 10.9 Å². The van der Waals surface area contributed by atoms with Crippen LogP contribution in [0, 0.1) is 0 Å². The maximum absolute atomic E-state index is 13.0. The van der Waals surface area contributed by atoms with Crippen molar-refractivity contribution in [1.29, 1.82) is 0 Å². The number of alkyl halides is 4. The van der Waals surface area contributed by atoms with Crippen molar-refractivity contribution >= 4 is 22.9 Å². The molecule has 2 rings (SSSR count). The van der Waals surface area contributed by atoms with E-state index in [1.807, 2.05) is 19.1 Å². The number of halogens is 4. The predicted octanol–water partition coefficient (Wildman–Crippen LogP) is 5.65. The Hall–Kier alpha value is -1.20. The van der Waals surface area contributed by atoms with Crippen molar-refractivity contribution in [2.75, 3.05) is 0 Å². The third-order valence-electron chi connectivity index (χ3n) is 2.94. The molecule has 2 aromatic rings. The first-order valence-corrected chi connectivity index (χ1v) is 7.75. The molecule has 1 aromatic heterocycles. The van der Waals surface area contributed by atoms with E-state index in [2.05, 4.69) is 0 Å².